The van der Waals surface area contributed by atoms with Crippen LogP contribution in [-0.2, 0) is 6.54 Å². The fraction of sp³-hybridized carbons (Fsp3) is 0.435. The molecule has 0 atom stereocenters. The molecule has 3 heterocycles. The topological polar surface area (TPSA) is 137 Å². The summed E-state index contributed by atoms with van der Waals surface area (Å²) < 4.78 is 13.0. The van der Waals surface area contributed by atoms with E-state index in [0.717, 1.165) is 19.6 Å². The molecule has 11 heteroatoms. The molecule has 1 fully saturated rings. The summed E-state index contributed by atoms with van der Waals surface area (Å²) >= 11 is 0. The summed E-state index contributed by atoms with van der Waals surface area (Å²) in [4.78, 5) is 40.5. The number of carbonyl (C=O) groups excluding carboxylic acids is 1. The molecule has 2 aromatic heterocycles. The number of piperidine rings is 1. The molecule has 3 N–H and O–H groups in total. The van der Waals surface area contributed by atoms with Gasteiger partial charge in [0.1, 0.15) is 12.1 Å². The summed E-state index contributed by atoms with van der Waals surface area (Å²) in [7, 11) is 1.50. The normalized spacial score (nSPS) is 14.2. The highest BCUT2D eigenvalue weighted by Crippen LogP contribution is 2.34. The monoisotopic (exact) mass is 467 g/mol. The Morgan fingerprint density at radius 3 is 2.59 bits per heavy atom. The minimum atomic E-state index is -0.513. The lowest BCUT2D eigenvalue weighted by atomic mass is 10.1. The molecule has 0 radical (unpaired) electrons. The first kappa shape index (κ1) is 23.4. The summed E-state index contributed by atoms with van der Waals surface area (Å²) in [6, 6.07) is 3.40. The van der Waals surface area contributed by atoms with E-state index in [1.54, 1.807) is 19.1 Å². The Balaban J connectivity index is 1.64. The van der Waals surface area contributed by atoms with E-state index in [4.69, 9.17) is 15.2 Å². The fourth-order valence-electron chi connectivity index (χ4n) is 4.04. The third-order valence-electron chi connectivity index (χ3n) is 5.84. The summed E-state index contributed by atoms with van der Waals surface area (Å²) in [5.41, 5.74) is 5.70. The van der Waals surface area contributed by atoms with E-state index in [1.165, 1.54) is 43.3 Å². The molecule has 0 aliphatic carbocycles. The Labute approximate surface area is 196 Å². The van der Waals surface area contributed by atoms with Crippen LogP contribution in [0.3, 0.4) is 0 Å². The second-order valence-corrected chi connectivity index (χ2v) is 8.01. The number of ether oxygens (including phenoxy) is 2. The van der Waals surface area contributed by atoms with Crippen LogP contribution in [0.25, 0.3) is 10.9 Å². The number of nitrogens with one attached hydrogen (secondary N) is 1. The number of fused-ring (bicyclic) bond motifs is 1. The van der Waals surface area contributed by atoms with E-state index < -0.39 is 5.91 Å². The van der Waals surface area contributed by atoms with E-state index >= 15 is 0 Å². The van der Waals surface area contributed by atoms with Crippen LogP contribution in [0, 0.1) is 0 Å². The highest BCUT2D eigenvalue weighted by Gasteiger charge is 2.19. The predicted molar refractivity (Wildman–Crippen MR) is 128 cm³/mol. The van der Waals surface area contributed by atoms with E-state index in [2.05, 4.69) is 25.2 Å². The number of hydrogen-bond acceptors (Lipinski definition) is 9. The second-order valence-electron chi connectivity index (χ2n) is 8.01. The molecule has 0 spiro atoms. The maximum Gasteiger partial charge on any atom is 0.262 e. The molecule has 0 bridgehead atoms. The highest BCUT2D eigenvalue weighted by molar-refractivity contribution is 6.03. The number of rotatable bonds is 8. The standard InChI is InChI=1S/C23H29N7O4/c1-3-30-21(32)16-7-8-17(34-12-11-29-9-5-4-6-10-29)19(33-2)18(16)27-23(30)28-20(31)15-13-25-22(24)26-14-15/h7-8,13-14H,3-6,9-12H2,1-2H3,(H2,24,25,26)(H,27,28,31). The van der Waals surface area contributed by atoms with Gasteiger partial charge in [-0.3, -0.25) is 24.4 Å². The maximum atomic E-state index is 13.2. The number of nitrogen functional groups attached to an aromatic ring is 1. The van der Waals surface area contributed by atoms with Crippen LogP contribution < -0.4 is 26.1 Å². The Bertz CT molecular complexity index is 1220. The van der Waals surface area contributed by atoms with Crippen molar-refractivity contribution in [2.75, 3.05) is 44.4 Å². The van der Waals surface area contributed by atoms with Crippen LogP contribution in [0.5, 0.6) is 11.5 Å². The van der Waals surface area contributed by atoms with Crippen LogP contribution in [-0.4, -0.2) is 63.7 Å². The van der Waals surface area contributed by atoms with Crippen LogP contribution in [0.4, 0.5) is 11.9 Å². The summed E-state index contributed by atoms with van der Waals surface area (Å²) in [5.74, 6) is 0.482. The van der Waals surface area contributed by atoms with Crippen molar-refractivity contribution >= 4 is 28.7 Å². The Morgan fingerprint density at radius 1 is 1.18 bits per heavy atom. The minimum absolute atomic E-state index is 0.0587. The molecular formula is C23H29N7O4. The zero-order chi connectivity index (χ0) is 24.1. The molecule has 1 aliphatic rings. The van der Waals surface area contributed by atoms with Gasteiger partial charge in [0.2, 0.25) is 11.9 Å². The number of nitrogens with zero attached hydrogens (tertiary/aromatic N) is 5. The van der Waals surface area contributed by atoms with E-state index in [-0.39, 0.29) is 23.0 Å². The first-order chi connectivity index (χ1) is 16.5. The van der Waals surface area contributed by atoms with Gasteiger partial charge in [-0.15, -0.1) is 0 Å². The molecule has 180 valence electrons. The molecule has 1 aromatic carbocycles. The molecule has 11 nitrogen and oxygen atoms in total. The summed E-state index contributed by atoms with van der Waals surface area (Å²) in [6.45, 7) is 5.58. The van der Waals surface area contributed by atoms with Gasteiger partial charge in [-0.05, 0) is 45.0 Å². The number of carbonyl (C=O) groups is 1. The van der Waals surface area contributed by atoms with Crippen molar-refractivity contribution < 1.29 is 14.3 Å². The number of methoxy groups -OCH3 is 1. The number of hydrogen-bond donors (Lipinski definition) is 2. The Morgan fingerprint density at radius 2 is 1.91 bits per heavy atom. The smallest absolute Gasteiger partial charge is 0.262 e. The van der Waals surface area contributed by atoms with Crippen LogP contribution >= 0.6 is 0 Å². The average molecular weight is 468 g/mol. The predicted octanol–water partition coefficient (Wildman–Crippen LogP) is 1.91. The molecule has 1 aliphatic heterocycles. The van der Waals surface area contributed by atoms with Crippen molar-refractivity contribution in [1.82, 2.24) is 24.4 Å². The zero-order valence-electron chi connectivity index (χ0n) is 19.4. The van der Waals surface area contributed by atoms with Crippen molar-refractivity contribution in [2.24, 2.45) is 0 Å². The van der Waals surface area contributed by atoms with Gasteiger partial charge in [-0.2, -0.15) is 0 Å². The van der Waals surface area contributed by atoms with Crippen molar-refractivity contribution in [3.8, 4) is 11.5 Å². The molecule has 4 rings (SSSR count). The van der Waals surface area contributed by atoms with Gasteiger partial charge in [0.25, 0.3) is 11.5 Å². The first-order valence-corrected chi connectivity index (χ1v) is 11.4. The van der Waals surface area contributed by atoms with Gasteiger partial charge in [0.05, 0.1) is 18.1 Å². The highest BCUT2D eigenvalue weighted by atomic mass is 16.5. The molecular weight excluding hydrogens is 438 g/mol. The van der Waals surface area contributed by atoms with Crippen molar-refractivity contribution in [2.45, 2.75) is 32.7 Å². The zero-order valence-corrected chi connectivity index (χ0v) is 19.4. The van der Waals surface area contributed by atoms with E-state index in [0.29, 0.717) is 35.6 Å². The SMILES string of the molecule is CCn1c(NC(=O)c2cnc(N)nc2)nc2c(OC)c(OCCN3CCCCC3)ccc2c1=O. The first-order valence-electron chi connectivity index (χ1n) is 11.4. The van der Waals surface area contributed by atoms with Crippen LogP contribution in [0.15, 0.2) is 29.3 Å². The van der Waals surface area contributed by atoms with Gasteiger partial charge in [-0.25, -0.2) is 15.0 Å². The van der Waals surface area contributed by atoms with Crippen molar-refractivity contribution in [1.29, 1.82) is 0 Å². The lowest BCUT2D eigenvalue weighted by molar-refractivity contribution is 0.102. The number of likely N-dealkylation sites (tertiary alicyclic amines) is 1. The Kier molecular flexibility index (Phi) is 7.21. The maximum absolute atomic E-state index is 13.2. The van der Waals surface area contributed by atoms with E-state index in [9.17, 15) is 9.59 Å². The minimum Gasteiger partial charge on any atom is -0.491 e. The largest absolute Gasteiger partial charge is 0.491 e. The summed E-state index contributed by atoms with van der Waals surface area (Å²) in [6.07, 6.45) is 6.32. The molecule has 0 saturated carbocycles. The molecule has 1 amide bonds. The van der Waals surface area contributed by atoms with Crippen LogP contribution in [0.1, 0.15) is 36.5 Å². The average Bonchev–Trinajstić information content (AvgIpc) is 2.85. The van der Waals surface area contributed by atoms with Gasteiger partial charge in [0.15, 0.2) is 11.5 Å². The molecule has 34 heavy (non-hydrogen) atoms. The lowest BCUT2D eigenvalue weighted by Gasteiger charge is -2.26. The summed E-state index contributed by atoms with van der Waals surface area (Å²) in [5, 5.41) is 3.05. The number of anilines is 2. The fourth-order valence-corrected chi connectivity index (χ4v) is 4.04. The lowest BCUT2D eigenvalue weighted by Crippen LogP contribution is -2.33. The second kappa shape index (κ2) is 10.5. The number of aromatic nitrogens is 4. The molecule has 1 saturated heterocycles. The quantitative estimate of drug-likeness (QED) is 0.509. The number of amides is 1. The van der Waals surface area contributed by atoms with Crippen molar-refractivity contribution in [3.63, 3.8) is 0 Å². The van der Waals surface area contributed by atoms with Crippen molar-refractivity contribution in [3.05, 3.63) is 40.4 Å². The van der Waals surface area contributed by atoms with Gasteiger partial charge < -0.3 is 15.2 Å². The number of benzene rings is 1. The van der Waals surface area contributed by atoms with Gasteiger partial charge >= 0.3 is 0 Å². The third-order valence-corrected chi connectivity index (χ3v) is 5.84. The van der Waals surface area contributed by atoms with E-state index in [1.807, 2.05) is 0 Å². The van der Waals surface area contributed by atoms with Gasteiger partial charge in [0, 0.05) is 25.5 Å². The number of nitrogens with two attached hydrogens (primary N) is 1. The molecule has 3 aromatic rings. The third kappa shape index (κ3) is 4.93. The Hall–Kier alpha value is -3.73. The van der Waals surface area contributed by atoms with Crippen LogP contribution in [0.2, 0.25) is 0 Å². The molecule has 0 unspecified atom stereocenters. The van der Waals surface area contributed by atoms with Gasteiger partial charge in [-0.1, -0.05) is 6.42 Å².